The molecular formula is C22H22N2O3S. The number of hydrogen-bond acceptors (Lipinski definition) is 5. The molecule has 0 aliphatic rings. The highest BCUT2D eigenvalue weighted by Crippen LogP contribution is 2.29. The number of benzene rings is 3. The van der Waals surface area contributed by atoms with E-state index in [9.17, 15) is 4.79 Å². The second-order valence-electron chi connectivity index (χ2n) is 6.00. The van der Waals surface area contributed by atoms with Gasteiger partial charge in [0, 0.05) is 34.9 Å². The second kappa shape index (κ2) is 9.19. The van der Waals surface area contributed by atoms with E-state index in [1.807, 2.05) is 73.8 Å². The average Bonchev–Trinajstić information content (AvgIpc) is 2.74. The topological polar surface area (TPSA) is 50.8 Å². The molecule has 0 aromatic heterocycles. The van der Waals surface area contributed by atoms with E-state index in [1.165, 1.54) is 0 Å². The van der Waals surface area contributed by atoms with Crippen LogP contribution in [0.4, 0.5) is 11.4 Å². The number of methoxy groups -OCH3 is 2. The Morgan fingerprint density at radius 3 is 2.21 bits per heavy atom. The molecule has 5 nitrogen and oxygen atoms in total. The van der Waals surface area contributed by atoms with Crippen molar-refractivity contribution in [3.63, 3.8) is 0 Å². The summed E-state index contributed by atoms with van der Waals surface area (Å²) in [6.07, 6.45) is 0. The van der Waals surface area contributed by atoms with E-state index in [0.29, 0.717) is 17.0 Å². The molecule has 0 bridgehead atoms. The molecule has 3 aromatic rings. The van der Waals surface area contributed by atoms with Gasteiger partial charge in [0.25, 0.3) is 5.91 Å². The zero-order chi connectivity index (χ0) is 19.9. The van der Waals surface area contributed by atoms with Crippen molar-refractivity contribution in [2.45, 2.75) is 4.90 Å². The highest BCUT2D eigenvalue weighted by atomic mass is 32.2. The number of ether oxygens (including phenoxy) is 2. The fourth-order valence-corrected chi connectivity index (χ4v) is 3.38. The Morgan fingerprint density at radius 1 is 0.893 bits per heavy atom. The number of nitrogens with one attached hydrogen (secondary N) is 1. The van der Waals surface area contributed by atoms with Crippen molar-refractivity contribution in [1.29, 1.82) is 0 Å². The van der Waals surface area contributed by atoms with Gasteiger partial charge in [-0.25, -0.2) is 0 Å². The van der Waals surface area contributed by atoms with Gasteiger partial charge in [-0.1, -0.05) is 6.07 Å². The average molecular weight is 394 g/mol. The summed E-state index contributed by atoms with van der Waals surface area (Å²) in [5.74, 6) is 1.37. The lowest BCUT2D eigenvalue weighted by Crippen LogP contribution is -2.12. The van der Waals surface area contributed by atoms with Crippen molar-refractivity contribution in [2.24, 2.45) is 0 Å². The third-order valence-electron chi connectivity index (χ3n) is 4.12. The first kappa shape index (κ1) is 19.6. The third kappa shape index (κ3) is 4.98. The van der Waals surface area contributed by atoms with Gasteiger partial charge in [0.05, 0.1) is 14.2 Å². The van der Waals surface area contributed by atoms with Gasteiger partial charge in [0.1, 0.15) is 11.5 Å². The van der Waals surface area contributed by atoms with Crippen molar-refractivity contribution in [2.75, 3.05) is 30.9 Å². The highest BCUT2D eigenvalue weighted by molar-refractivity contribution is 8.00. The Kier molecular flexibility index (Phi) is 6.45. The van der Waals surface area contributed by atoms with E-state index < -0.39 is 0 Å². The number of rotatable bonds is 7. The summed E-state index contributed by atoms with van der Waals surface area (Å²) >= 11 is 1.58. The lowest BCUT2D eigenvalue weighted by molar-refractivity contribution is 0.102. The molecule has 0 heterocycles. The van der Waals surface area contributed by atoms with Crippen LogP contribution in [0.15, 0.2) is 77.7 Å². The zero-order valence-corrected chi connectivity index (χ0v) is 16.8. The first-order chi connectivity index (χ1) is 13.6. The first-order valence-electron chi connectivity index (χ1n) is 8.70. The molecule has 3 rings (SSSR count). The monoisotopic (exact) mass is 394 g/mol. The predicted molar refractivity (Wildman–Crippen MR) is 115 cm³/mol. The van der Waals surface area contributed by atoms with Gasteiger partial charge in [0.2, 0.25) is 0 Å². The van der Waals surface area contributed by atoms with Gasteiger partial charge in [-0.2, -0.15) is 0 Å². The number of carbonyl (C=O) groups excluding carboxylic acids is 1. The van der Waals surface area contributed by atoms with E-state index >= 15 is 0 Å². The van der Waals surface area contributed by atoms with Crippen LogP contribution in [0.5, 0.6) is 11.5 Å². The zero-order valence-electron chi connectivity index (χ0n) is 16.0. The Morgan fingerprint density at radius 2 is 1.57 bits per heavy atom. The minimum absolute atomic E-state index is 0.159. The summed E-state index contributed by atoms with van der Waals surface area (Å²) in [4.78, 5) is 13.5. The lowest BCUT2D eigenvalue weighted by atomic mass is 10.2. The van der Waals surface area contributed by atoms with Crippen LogP contribution in [0.2, 0.25) is 0 Å². The number of nitrogens with zero attached hydrogens (tertiary/aromatic N) is 1. The quantitative estimate of drug-likeness (QED) is 0.565. The molecule has 28 heavy (non-hydrogen) atoms. The van der Waals surface area contributed by atoms with Gasteiger partial charge >= 0.3 is 0 Å². The van der Waals surface area contributed by atoms with Crippen LogP contribution >= 0.6 is 11.9 Å². The van der Waals surface area contributed by atoms with Crippen molar-refractivity contribution < 1.29 is 14.3 Å². The Balaban J connectivity index is 1.62. The number of hydrogen-bond donors (Lipinski definition) is 1. The van der Waals surface area contributed by atoms with E-state index in [0.717, 1.165) is 16.3 Å². The van der Waals surface area contributed by atoms with E-state index in [-0.39, 0.29) is 5.91 Å². The van der Waals surface area contributed by atoms with Crippen LogP contribution in [-0.4, -0.2) is 27.2 Å². The van der Waals surface area contributed by atoms with Gasteiger partial charge in [0.15, 0.2) is 0 Å². The standard InChI is InChI=1S/C22H22N2O3S/c1-24(18-9-11-19(26-2)12-10-18)28-21-13-7-16(8-14-21)22(25)23-17-5-4-6-20(15-17)27-3/h4-15H,1-3H3,(H,23,25). The minimum atomic E-state index is -0.159. The molecule has 1 N–H and O–H groups in total. The van der Waals surface area contributed by atoms with Gasteiger partial charge in [-0.05, 0) is 72.6 Å². The minimum Gasteiger partial charge on any atom is -0.497 e. The summed E-state index contributed by atoms with van der Waals surface area (Å²) in [6.45, 7) is 0. The maximum absolute atomic E-state index is 12.4. The summed E-state index contributed by atoms with van der Waals surface area (Å²) in [5, 5.41) is 2.88. The molecule has 0 radical (unpaired) electrons. The Hall–Kier alpha value is -3.12. The summed E-state index contributed by atoms with van der Waals surface area (Å²) in [6, 6.07) is 22.7. The largest absolute Gasteiger partial charge is 0.497 e. The first-order valence-corrected chi connectivity index (χ1v) is 9.47. The second-order valence-corrected chi connectivity index (χ2v) is 7.20. The fraction of sp³-hybridized carbons (Fsp3) is 0.136. The van der Waals surface area contributed by atoms with Gasteiger partial charge in [-0.3, -0.25) is 4.79 Å². The Labute approximate surface area is 169 Å². The maximum atomic E-state index is 12.4. The molecule has 144 valence electrons. The molecule has 0 aliphatic carbocycles. The smallest absolute Gasteiger partial charge is 0.255 e. The molecular weight excluding hydrogens is 372 g/mol. The molecule has 0 atom stereocenters. The Bertz CT molecular complexity index is 927. The number of amides is 1. The van der Waals surface area contributed by atoms with E-state index in [4.69, 9.17) is 9.47 Å². The van der Waals surface area contributed by atoms with Crippen LogP contribution in [0, 0.1) is 0 Å². The highest BCUT2D eigenvalue weighted by Gasteiger charge is 2.09. The molecule has 0 aliphatic heterocycles. The van der Waals surface area contributed by atoms with Crippen LogP contribution in [-0.2, 0) is 0 Å². The molecule has 6 heteroatoms. The summed E-state index contributed by atoms with van der Waals surface area (Å²) in [5.41, 5.74) is 2.35. The van der Waals surface area contributed by atoms with Crippen LogP contribution < -0.4 is 19.1 Å². The van der Waals surface area contributed by atoms with Gasteiger partial charge in [-0.15, -0.1) is 0 Å². The van der Waals surface area contributed by atoms with Gasteiger partial charge < -0.3 is 19.1 Å². The predicted octanol–water partition coefficient (Wildman–Crippen LogP) is 5.10. The summed E-state index contributed by atoms with van der Waals surface area (Å²) < 4.78 is 12.4. The summed E-state index contributed by atoms with van der Waals surface area (Å²) in [7, 11) is 5.25. The number of anilines is 2. The van der Waals surface area contributed by atoms with Crippen molar-refractivity contribution in [3.8, 4) is 11.5 Å². The fourth-order valence-electron chi connectivity index (χ4n) is 2.57. The molecule has 0 spiro atoms. The normalized spacial score (nSPS) is 10.2. The molecule has 0 saturated carbocycles. The SMILES string of the molecule is COc1ccc(N(C)Sc2ccc(C(=O)Nc3cccc(OC)c3)cc2)cc1. The number of carbonyl (C=O) groups is 1. The van der Waals surface area contributed by atoms with Crippen molar-refractivity contribution in [1.82, 2.24) is 0 Å². The molecule has 3 aromatic carbocycles. The van der Waals surface area contributed by atoms with Crippen LogP contribution in [0.3, 0.4) is 0 Å². The molecule has 1 amide bonds. The van der Waals surface area contributed by atoms with Crippen LogP contribution in [0.1, 0.15) is 10.4 Å². The van der Waals surface area contributed by atoms with E-state index in [1.54, 1.807) is 32.2 Å². The maximum Gasteiger partial charge on any atom is 0.255 e. The van der Waals surface area contributed by atoms with E-state index in [2.05, 4.69) is 9.62 Å². The third-order valence-corrected chi connectivity index (χ3v) is 5.09. The molecule has 0 fully saturated rings. The van der Waals surface area contributed by atoms with Crippen molar-refractivity contribution >= 4 is 29.2 Å². The molecule has 0 saturated heterocycles. The van der Waals surface area contributed by atoms with Crippen molar-refractivity contribution in [3.05, 3.63) is 78.4 Å². The molecule has 0 unspecified atom stereocenters. The lowest BCUT2D eigenvalue weighted by Gasteiger charge is -2.18. The van der Waals surface area contributed by atoms with Crippen LogP contribution in [0.25, 0.3) is 0 Å².